The van der Waals surface area contributed by atoms with Crippen molar-refractivity contribution in [3.63, 3.8) is 0 Å². The number of benzene rings is 2. The van der Waals surface area contributed by atoms with Gasteiger partial charge in [0.15, 0.2) is 48.0 Å². The predicted molar refractivity (Wildman–Crippen MR) is 184 cm³/mol. The fourth-order valence-electron chi connectivity index (χ4n) is 6.19. The van der Waals surface area contributed by atoms with Gasteiger partial charge in [-0.1, -0.05) is 12.1 Å². The maximum absolute atomic E-state index is 13.4. The molecule has 0 unspecified atom stereocenters. The van der Waals surface area contributed by atoms with E-state index in [1.165, 1.54) is 51.5 Å². The van der Waals surface area contributed by atoms with Crippen molar-refractivity contribution in [2.24, 2.45) is 0 Å². The van der Waals surface area contributed by atoms with Crippen LogP contribution >= 0.6 is 0 Å². The predicted octanol–water partition coefficient (Wildman–Crippen LogP) is -1.94. The zero-order valence-electron chi connectivity index (χ0n) is 30.2. The molecule has 9 N–H and O–H groups in total. The van der Waals surface area contributed by atoms with Gasteiger partial charge in [-0.15, -0.1) is 0 Å². The highest BCUT2D eigenvalue weighted by atomic mass is 16.8. The van der Waals surface area contributed by atoms with Crippen molar-refractivity contribution in [2.45, 2.75) is 92.8 Å². The molecular weight excluding hydrogens is 736 g/mol. The molecular formula is C36H48O19. The van der Waals surface area contributed by atoms with Gasteiger partial charge in [-0.2, -0.15) is 0 Å². The Balaban J connectivity index is 1.42. The minimum Gasteiger partial charge on any atom is -0.504 e. The molecule has 3 fully saturated rings. The summed E-state index contributed by atoms with van der Waals surface area (Å²) in [4.78, 5) is 13.4. The van der Waals surface area contributed by atoms with Crippen molar-refractivity contribution >= 4 is 12.0 Å². The molecule has 0 aliphatic carbocycles. The van der Waals surface area contributed by atoms with Crippen LogP contribution in [0.2, 0.25) is 0 Å². The van der Waals surface area contributed by atoms with Gasteiger partial charge < -0.3 is 88.6 Å². The standard InChI is InChI=1S/C36H48O19/c1-17-26(41)27(42)28(43)34(52-17)55-31-29(44)33(49-11-10-19-5-8-22(47-2)21(39)12-19)53-24(14-50-35-32(45)36(46,15-37)16-51-35)30(31)54-25(40)9-6-18-4-7-20(38)23(13-18)48-3/h4-9,12-13,17,24,26-35,37-39,41-46H,10-11,14-16H2,1-3H3/b9-6+/t17-,24+,26-,27+,28+,29+,30+,31+,32-,33+,34-,35-,36+/m0/s1. The van der Waals surface area contributed by atoms with Crippen LogP contribution in [0, 0.1) is 0 Å². The quantitative estimate of drug-likeness (QED) is 0.0701. The summed E-state index contributed by atoms with van der Waals surface area (Å²) < 4.78 is 50.6. The lowest BCUT2D eigenvalue weighted by Crippen LogP contribution is -2.65. The molecule has 0 saturated carbocycles. The minimum atomic E-state index is -2.04. The molecule has 3 saturated heterocycles. The Morgan fingerprint density at radius 3 is 2.27 bits per heavy atom. The molecule has 3 heterocycles. The highest BCUT2D eigenvalue weighted by molar-refractivity contribution is 5.87. The Labute approximate surface area is 315 Å². The summed E-state index contributed by atoms with van der Waals surface area (Å²) in [6.07, 6.45) is -16.4. The van der Waals surface area contributed by atoms with Crippen molar-refractivity contribution < 1.29 is 93.4 Å². The smallest absolute Gasteiger partial charge is 0.331 e. The zero-order chi connectivity index (χ0) is 40.0. The highest BCUT2D eigenvalue weighted by Gasteiger charge is 2.54. The topological polar surface area (TPSA) is 282 Å². The number of methoxy groups -OCH3 is 2. The molecule has 0 spiro atoms. The summed E-state index contributed by atoms with van der Waals surface area (Å²) in [7, 11) is 2.75. The lowest BCUT2D eigenvalue weighted by Gasteiger charge is -2.46. The number of ether oxygens (including phenoxy) is 9. The first-order valence-electron chi connectivity index (χ1n) is 17.4. The Morgan fingerprint density at radius 2 is 1.60 bits per heavy atom. The van der Waals surface area contributed by atoms with Crippen molar-refractivity contribution in [2.75, 3.05) is 40.6 Å². The van der Waals surface area contributed by atoms with Gasteiger partial charge in [-0.25, -0.2) is 4.79 Å². The van der Waals surface area contributed by atoms with Gasteiger partial charge in [-0.05, 0) is 54.8 Å². The van der Waals surface area contributed by atoms with E-state index in [1.54, 1.807) is 12.1 Å². The van der Waals surface area contributed by atoms with E-state index in [2.05, 4.69) is 0 Å². The zero-order valence-corrected chi connectivity index (χ0v) is 30.2. The number of hydrogen-bond donors (Lipinski definition) is 9. The number of carbonyl (C=O) groups excluding carboxylic acids is 1. The Kier molecular flexibility index (Phi) is 14.3. The summed E-state index contributed by atoms with van der Waals surface area (Å²) >= 11 is 0. The van der Waals surface area contributed by atoms with E-state index in [1.807, 2.05) is 0 Å². The van der Waals surface area contributed by atoms with E-state index in [0.29, 0.717) is 11.1 Å². The summed E-state index contributed by atoms with van der Waals surface area (Å²) in [5, 5.41) is 94.0. The van der Waals surface area contributed by atoms with Gasteiger partial charge in [-0.3, -0.25) is 0 Å². The first-order valence-corrected chi connectivity index (χ1v) is 17.4. The summed E-state index contributed by atoms with van der Waals surface area (Å²) in [6.45, 7) is -0.579. The fraction of sp³-hybridized carbons (Fsp3) is 0.583. The van der Waals surface area contributed by atoms with Crippen LogP contribution < -0.4 is 9.47 Å². The molecule has 5 rings (SSSR count). The Hall–Kier alpha value is -3.67. The molecule has 0 radical (unpaired) electrons. The lowest BCUT2D eigenvalue weighted by atomic mass is 9.96. The molecule has 19 nitrogen and oxygen atoms in total. The van der Waals surface area contributed by atoms with Crippen LogP contribution in [0.1, 0.15) is 18.1 Å². The van der Waals surface area contributed by atoms with E-state index in [9.17, 15) is 50.8 Å². The van der Waals surface area contributed by atoms with E-state index < -0.39 is 105 Å². The summed E-state index contributed by atoms with van der Waals surface area (Å²) in [6, 6.07) is 9.00. The third-order valence-corrected chi connectivity index (χ3v) is 9.50. The van der Waals surface area contributed by atoms with Crippen molar-refractivity contribution in [1.82, 2.24) is 0 Å². The van der Waals surface area contributed by atoms with E-state index in [4.69, 9.17) is 42.6 Å². The van der Waals surface area contributed by atoms with E-state index in [0.717, 1.165) is 6.08 Å². The van der Waals surface area contributed by atoms with E-state index in [-0.39, 0.29) is 36.0 Å². The number of hydrogen-bond acceptors (Lipinski definition) is 19. The van der Waals surface area contributed by atoms with Gasteiger partial charge in [0.05, 0.1) is 46.8 Å². The first kappa shape index (κ1) is 42.5. The number of phenolic OH excluding ortho intramolecular Hbond substituents is 2. The molecule has 19 heteroatoms. The number of carbonyl (C=O) groups is 1. The van der Waals surface area contributed by atoms with Crippen LogP contribution in [0.15, 0.2) is 42.5 Å². The van der Waals surface area contributed by atoms with Crippen LogP contribution in [-0.2, 0) is 44.4 Å². The molecule has 2 aromatic carbocycles. The summed E-state index contributed by atoms with van der Waals surface area (Å²) in [5.74, 6) is -0.850. The molecule has 306 valence electrons. The fourth-order valence-corrected chi connectivity index (χ4v) is 6.19. The second-order valence-corrected chi connectivity index (χ2v) is 13.3. The summed E-state index contributed by atoms with van der Waals surface area (Å²) in [5.41, 5.74) is -0.974. The number of rotatable bonds is 15. The SMILES string of the molecule is COc1ccc(CCO[C@@H]2O[C@H](CO[C@H]3OC[C@](O)(CO)[C@H]3O)[C@@H](OC(=O)/C=C/c3ccc(O)c(OC)c3)[C@H](O[C@@H]3O[C@@H](C)[C@H](O)[C@@H](O)[C@H]3O)[C@H]2O)cc1O. The van der Waals surface area contributed by atoms with Crippen molar-refractivity contribution in [3.05, 3.63) is 53.6 Å². The first-order chi connectivity index (χ1) is 26.2. The van der Waals surface area contributed by atoms with Crippen LogP contribution in [-0.4, -0.2) is 172 Å². The minimum absolute atomic E-state index is 0.102. The number of aromatic hydroxyl groups is 2. The average Bonchev–Trinajstić information content (AvgIpc) is 3.46. The average molecular weight is 785 g/mol. The Bertz CT molecular complexity index is 1610. The molecule has 2 aromatic rings. The molecule has 3 aliphatic heterocycles. The molecule has 0 bridgehead atoms. The van der Waals surface area contributed by atoms with Crippen LogP contribution in [0.5, 0.6) is 23.0 Å². The molecule has 0 amide bonds. The van der Waals surface area contributed by atoms with Gasteiger partial charge in [0, 0.05) is 6.08 Å². The van der Waals surface area contributed by atoms with Crippen LogP contribution in [0.3, 0.4) is 0 Å². The van der Waals surface area contributed by atoms with Gasteiger partial charge >= 0.3 is 5.97 Å². The van der Waals surface area contributed by atoms with Crippen molar-refractivity contribution in [1.29, 1.82) is 0 Å². The van der Waals surface area contributed by atoms with E-state index >= 15 is 0 Å². The van der Waals surface area contributed by atoms with Gasteiger partial charge in [0.1, 0.15) is 48.3 Å². The molecule has 0 aromatic heterocycles. The highest BCUT2D eigenvalue weighted by Crippen LogP contribution is 2.34. The second-order valence-electron chi connectivity index (χ2n) is 13.3. The van der Waals surface area contributed by atoms with Gasteiger partial charge in [0.2, 0.25) is 0 Å². The largest absolute Gasteiger partial charge is 0.504 e. The lowest BCUT2D eigenvalue weighted by molar-refractivity contribution is -0.360. The maximum Gasteiger partial charge on any atom is 0.331 e. The molecule has 13 atom stereocenters. The normalized spacial score (nSPS) is 35.2. The second kappa shape index (κ2) is 18.5. The number of phenols is 2. The monoisotopic (exact) mass is 784 g/mol. The molecule has 3 aliphatic rings. The number of aliphatic hydroxyl groups excluding tert-OH is 6. The van der Waals surface area contributed by atoms with Gasteiger partial charge in [0.25, 0.3) is 0 Å². The van der Waals surface area contributed by atoms with Crippen molar-refractivity contribution in [3.8, 4) is 23.0 Å². The molecule has 55 heavy (non-hydrogen) atoms. The third-order valence-electron chi connectivity index (χ3n) is 9.50. The Morgan fingerprint density at radius 1 is 0.855 bits per heavy atom. The van der Waals surface area contributed by atoms with Crippen LogP contribution in [0.25, 0.3) is 6.08 Å². The third kappa shape index (κ3) is 9.84. The number of aliphatic hydroxyl groups is 7. The maximum atomic E-state index is 13.4. The van der Waals surface area contributed by atoms with Crippen LogP contribution in [0.4, 0.5) is 0 Å². The number of esters is 1.